The van der Waals surface area contributed by atoms with Crippen LogP contribution in [0.5, 0.6) is 0 Å². The van der Waals surface area contributed by atoms with Gasteiger partial charge in [0.25, 0.3) is 5.95 Å². The van der Waals surface area contributed by atoms with E-state index in [4.69, 9.17) is 0 Å². The highest BCUT2D eigenvalue weighted by Crippen LogP contribution is 2.26. The van der Waals surface area contributed by atoms with Gasteiger partial charge in [-0.2, -0.15) is 15.1 Å². The van der Waals surface area contributed by atoms with E-state index < -0.39 is 0 Å². The molecular weight excluding hydrogens is 319 g/mol. The van der Waals surface area contributed by atoms with E-state index in [1.54, 1.807) is 16.8 Å². The van der Waals surface area contributed by atoms with Crippen LogP contribution in [-0.2, 0) is 7.05 Å². The first kappa shape index (κ1) is 15.3. The van der Waals surface area contributed by atoms with Gasteiger partial charge in [0, 0.05) is 24.6 Å². The Balaban J connectivity index is 1.87. The molecule has 3 heterocycles. The maximum Gasteiger partial charge on any atom is 0.254 e. The zero-order valence-electron chi connectivity index (χ0n) is 14.2. The minimum Gasteiger partial charge on any atom is -0.339 e. The average Bonchev–Trinajstić information content (AvgIpc) is 3.12. The van der Waals surface area contributed by atoms with Crippen LogP contribution in [-0.4, -0.2) is 24.3 Å². The molecule has 0 aliphatic rings. The Hall–Kier alpha value is -3.22. The molecule has 6 nitrogen and oxygen atoms in total. The van der Waals surface area contributed by atoms with Crippen LogP contribution < -0.4 is 5.32 Å². The lowest BCUT2D eigenvalue weighted by atomic mass is 10.3. The molecule has 3 aromatic heterocycles. The number of fused-ring (bicyclic) bond motifs is 1. The summed E-state index contributed by atoms with van der Waals surface area (Å²) in [5.74, 6) is 0.866. The Morgan fingerprint density at radius 3 is 2.48 bits per heavy atom. The van der Waals surface area contributed by atoms with Gasteiger partial charge in [0.05, 0.1) is 11.1 Å². The molecule has 1 aromatic carbocycles. The summed E-state index contributed by atoms with van der Waals surface area (Å²) in [5, 5.41) is 8.60. The number of halogens is 1. The normalized spacial score (nSPS) is 11.2. The number of rotatable bonds is 3. The van der Waals surface area contributed by atoms with Crippen LogP contribution in [0.1, 0.15) is 11.4 Å². The second kappa shape index (κ2) is 5.70. The van der Waals surface area contributed by atoms with E-state index in [-0.39, 0.29) is 5.82 Å². The Morgan fingerprint density at radius 1 is 1.04 bits per heavy atom. The van der Waals surface area contributed by atoms with Crippen molar-refractivity contribution < 1.29 is 4.39 Å². The van der Waals surface area contributed by atoms with Crippen molar-refractivity contribution >= 4 is 22.5 Å². The maximum atomic E-state index is 13.1. The average molecular weight is 336 g/mol. The minimum absolute atomic E-state index is 0.276. The monoisotopic (exact) mass is 336 g/mol. The SMILES string of the molecule is Cc1cc(C)n(-c2nc(Nc3ccc(F)cc3)c3ccn(C)c3n2)n1. The second-order valence-corrected chi connectivity index (χ2v) is 6.01. The first-order valence-electron chi connectivity index (χ1n) is 7.90. The van der Waals surface area contributed by atoms with Gasteiger partial charge in [-0.25, -0.2) is 9.07 Å². The summed E-state index contributed by atoms with van der Waals surface area (Å²) in [5.41, 5.74) is 3.41. The largest absolute Gasteiger partial charge is 0.339 e. The van der Waals surface area contributed by atoms with Crippen LogP contribution in [0.4, 0.5) is 15.9 Å². The highest BCUT2D eigenvalue weighted by Gasteiger charge is 2.14. The van der Waals surface area contributed by atoms with Gasteiger partial charge in [-0.15, -0.1) is 0 Å². The van der Waals surface area contributed by atoms with Crippen molar-refractivity contribution in [2.45, 2.75) is 13.8 Å². The van der Waals surface area contributed by atoms with Crippen LogP contribution >= 0.6 is 0 Å². The quantitative estimate of drug-likeness (QED) is 0.620. The molecule has 126 valence electrons. The molecule has 1 N–H and O–H groups in total. The van der Waals surface area contributed by atoms with E-state index in [0.717, 1.165) is 28.1 Å². The standard InChI is InChI=1S/C18H17FN6/c1-11-10-12(2)25(23-11)18-21-16(15-8-9-24(3)17(15)22-18)20-14-6-4-13(19)5-7-14/h4-10H,1-3H3,(H,20,21,22). The molecule has 25 heavy (non-hydrogen) atoms. The molecule has 0 atom stereocenters. The lowest BCUT2D eigenvalue weighted by molar-refractivity contribution is 0.628. The van der Waals surface area contributed by atoms with Crippen LogP contribution in [0.2, 0.25) is 0 Å². The van der Waals surface area contributed by atoms with E-state index in [0.29, 0.717) is 11.8 Å². The molecule has 0 amide bonds. The highest BCUT2D eigenvalue weighted by molar-refractivity contribution is 5.90. The number of hydrogen-bond acceptors (Lipinski definition) is 4. The maximum absolute atomic E-state index is 13.1. The first-order chi connectivity index (χ1) is 12.0. The van der Waals surface area contributed by atoms with Crippen LogP contribution in [0.15, 0.2) is 42.6 Å². The van der Waals surface area contributed by atoms with Crippen molar-refractivity contribution in [2.24, 2.45) is 7.05 Å². The molecule has 0 spiro atoms. The summed E-state index contributed by atoms with van der Waals surface area (Å²) in [6.07, 6.45) is 1.93. The summed E-state index contributed by atoms with van der Waals surface area (Å²) in [6, 6.07) is 10.1. The third kappa shape index (κ3) is 2.73. The molecular formula is C18H17FN6. The van der Waals surface area contributed by atoms with Crippen LogP contribution in [0.25, 0.3) is 17.0 Å². The lowest BCUT2D eigenvalue weighted by Crippen LogP contribution is -2.08. The molecule has 0 radical (unpaired) electrons. The van der Waals surface area contributed by atoms with E-state index >= 15 is 0 Å². The molecule has 0 unspecified atom stereocenters. The highest BCUT2D eigenvalue weighted by atomic mass is 19.1. The molecule has 7 heteroatoms. The Labute approximate surface area is 144 Å². The van der Waals surface area contributed by atoms with E-state index in [9.17, 15) is 4.39 Å². The smallest absolute Gasteiger partial charge is 0.254 e. The number of anilines is 2. The number of hydrogen-bond donors (Lipinski definition) is 1. The minimum atomic E-state index is -0.276. The van der Waals surface area contributed by atoms with Gasteiger partial charge in [0.1, 0.15) is 17.3 Å². The van der Waals surface area contributed by atoms with Gasteiger partial charge in [-0.3, -0.25) is 0 Å². The van der Waals surface area contributed by atoms with Gasteiger partial charge in [-0.05, 0) is 50.2 Å². The summed E-state index contributed by atoms with van der Waals surface area (Å²) in [4.78, 5) is 9.30. The van der Waals surface area contributed by atoms with Crippen molar-refractivity contribution in [3.8, 4) is 5.95 Å². The Morgan fingerprint density at radius 2 is 1.80 bits per heavy atom. The summed E-state index contributed by atoms with van der Waals surface area (Å²) >= 11 is 0. The third-order valence-electron chi connectivity index (χ3n) is 4.02. The predicted octanol–water partition coefficient (Wildman–Crippen LogP) is 3.65. The molecule has 0 bridgehead atoms. The van der Waals surface area contributed by atoms with Gasteiger partial charge in [0.15, 0.2) is 0 Å². The topological polar surface area (TPSA) is 60.6 Å². The molecule has 0 saturated carbocycles. The van der Waals surface area contributed by atoms with E-state index in [1.807, 2.05) is 43.8 Å². The number of nitrogens with one attached hydrogen (secondary N) is 1. The van der Waals surface area contributed by atoms with Crippen LogP contribution in [0, 0.1) is 19.7 Å². The van der Waals surface area contributed by atoms with Crippen molar-refractivity contribution in [1.29, 1.82) is 0 Å². The van der Waals surface area contributed by atoms with Gasteiger partial charge < -0.3 is 9.88 Å². The molecule has 0 fully saturated rings. The van der Waals surface area contributed by atoms with Gasteiger partial charge in [0.2, 0.25) is 0 Å². The van der Waals surface area contributed by atoms with Crippen molar-refractivity contribution in [3.05, 3.63) is 59.8 Å². The predicted molar refractivity (Wildman–Crippen MR) is 94.8 cm³/mol. The molecule has 4 rings (SSSR count). The van der Waals surface area contributed by atoms with Gasteiger partial charge >= 0.3 is 0 Å². The first-order valence-corrected chi connectivity index (χ1v) is 7.90. The number of aromatic nitrogens is 5. The molecule has 0 saturated heterocycles. The van der Waals surface area contributed by atoms with Crippen molar-refractivity contribution in [2.75, 3.05) is 5.32 Å². The number of aryl methyl sites for hydroxylation is 3. The fourth-order valence-corrected chi connectivity index (χ4v) is 2.82. The zero-order chi connectivity index (χ0) is 17.6. The summed E-state index contributed by atoms with van der Waals surface area (Å²) in [7, 11) is 1.93. The number of benzene rings is 1. The van der Waals surface area contributed by atoms with E-state index in [1.165, 1.54) is 12.1 Å². The summed E-state index contributed by atoms with van der Waals surface area (Å²) in [6.45, 7) is 3.90. The van der Waals surface area contributed by atoms with Gasteiger partial charge in [-0.1, -0.05) is 0 Å². The van der Waals surface area contributed by atoms with Crippen molar-refractivity contribution in [3.63, 3.8) is 0 Å². The molecule has 4 aromatic rings. The molecule has 0 aliphatic heterocycles. The Bertz CT molecular complexity index is 1060. The fraction of sp³-hybridized carbons (Fsp3) is 0.167. The third-order valence-corrected chi connectivity index (χ3v) is 4.02. The van der Waals surface area contributed by atoms with E-state index in [2.05, 4.69) is 20.4 Å². The fourth-order valence-electron chi connectivity index (χ4n) is 2.82. The van der Waals surface area contributed by atoms with Crippen molar-refractivity contribution in [1.82, 2.24) is 24.3 Å². The summed E-state index contributed by atoms with van der Waals surface area (Å²) < 4.78 is 16.8. The molecule has 0 aliphatic carbocycles. The second-order valence-electron chi connectivity index (χ2n) is 6.01. The zero-order valence-corrected chi connectivity index (χ0v) is 14.2. The lowest BCUT2D eigenvalue weighted by Gasteiger charge is -2.10. The van der Waals surface area contributed by atoms with Crippen LogP contribution in [0.3, 0.4) is 0 Å². The number of nitrogens with zero attached hydrogens (tertiary/aromatic N) is 5. The Kier molecular flexibility index (Phi) is 3.49.